The lowest BCUT2D eigenvalue weighted by Crippen LogP contribution is -2.29. The van der Waals surface area contributed by atoms with E-state index in [2.05, 4.69) is 31.9 Å². The number of benzene rings is 2. The number of carbonyl (C=O) groups excluding carboxylic acids is 1. The number of rotatable bonds is 10. The van der Waals surface area contributed by atoms with Crippen molar-refractivity contribution in [1.29, 1.82) is 5.26 Å². The molecule has 1 amide bonds. The number of nitrogens with one attached hydrogen (secondary N) is 2. The van der Waals surface area contributed by atoms with Crippen LogP contribution in [0.4, 0.5) is 40.6 Å². The molecule has 2 heterocycles. The molecule has 0 aliphatic heterocycles. The summed E-state index contributed by atoms with van der Waals surface area (Å²) in [5.41, 5.74) is 1.69. The first-order chi connectivity index (χ1) is 20.3. The molecule has 14 heteroatoms. The first-order valence-corrected chi connectivity index (χ1v) is 12.8. The monoisotopic (exact) mass is 596 g/mol. The van der Waals surface area contributed by atoms with E-state index < -0.39 is 23.8 Å². The number of ether oxygens (including phenoxy) is 1. The van der Waals surface area contributed by atoms with Gasteiger partial charge in [-0.15, -0.1) is 13.2 Å². The van der Waals surface area contributed by atoms with E-state index in [0.717, 1.165) is 23.0 Å². The molecular formula is C29H28F4N8O2. The fourth-order valence-electron chi connectivity index (χ4n) is 4.33. The molecule has 0 saturated carbocycles. The summed E-state index contributed by atoms with van der Waals surface area (Å²) in [4.78, 5) is 24.2. The Morgan fingerprint density at radius 3 is 2.53 bits per heavy atom. The average molecular weight is 597 g/mol. The van der Waals surface area contributed by atoms with Gasteiger partial charge in [0.25, 0.3) is 5.91 Å². The third kappa shape index (κ3) is 7.19. The predicted octanol–water partition coefficient (Wildman–Crippen LogP) is 5.57. The molecule has 43 heavy (non-hydrogen) atoms. The van der Waals surface area contributed by atoms with E-state index in [9.17, 15) is 27.6 Å². The smallest absolute Gasteiger partial charge is 0.403 e. The summed E-state index contributed by atoms with van der Waals surface area (Å²) >= 11 is 0. The van der Waals surface area contributed by atoms with E-state index >= 15 is 0 Å². The van der Waals surface area contributed by atoms with Crippen molar-refractivity contribution in [3.8, 4) is 23.1 Å². The highest BCUT2D eigenvalue weighted by atomic mass is 19.4. The summed E-state index contributed by atoms with van der Waals surface area (Å²) in [6.07, 6.45) is -2.05. The molecule has 4 aromatic rings. The van der Waals surface area contributed by atoms with Gasteiger partial charge in [-0.2, -0.15) is 5.26 Å². The molecular weight excluding hydrogens is 568 g/mol. The number of nitriles is 1. The van der Waals surface area contributed by atoms with Gasteiger partial charge < -0.3 is 29.7 Å². The number of fused-ring (bicyclic) bond motifs is 1. The van der Waals surface area contributed by atoms with Gasteiger partial charge in [0.05, 0.1) is 34.5 Å². The van der Waals surface area contributed by atoms with Crippen LogP contribution >= 0.6 is 0 Å². The van der Waals surface area contributed by atoms with Crippen LogP contribution in [0.3, 0.4) is 0 Å². The van der Waals surface area contributed by atoms with Gasteiger partial charge in [0.15, 0.2) is 11.6 Å². The van der Waals surface area contributed by atoms with Crippen LogP contribution in [0.15, 0.2) is 61.2 Å². The maximum atomic E-state index is 13.6. The number of hydrogen-bond acceptors (Lipinski definition) is 8. The molecule has 2 aromatic carbocycles. The Morgan fingerprint density at radius 1 is 1.16 bits per heavy atom. The molecule has 2 aromatic heterocycles. The SMILES string of the molecule is C=C(F)C(=O)Nc1cc(Nc2ncc(C#N)c(-c3cn(C)c4ccccc34)n2)c(OC(F)(F)F)cc1N(C)CCN(C)C. The van der Waals surface area contributed by atoms with Gasteiger partial charge in [0, 0.05) is 55.9 Å². The minimum Gasteiger partial charge on any atom is -0.403 e. The first kappa shape index (κ1) is 30.8. The van der Waals surface area contributed by atoms with Crippen LogP contribution in [0.2, 0.25) is 0 Å². The van der Waals surface area contributed by atoms with Crippen molar-refractivity contribution >= 4 is 39.8 Å². The standard InChI is InChI=1S/C29H28F4N8O2/c1-17(30)27(42)36-21-12-22(25(43-29(31,32)33)13-24(21)40(4)11-10-39(2)3)37-28-35-15-18(14-34)26(38-28)20-16-41(5)23-9-7-6-8-19(20)23/h6-9,12-13,15-16H,1,10-11H2,2-5H3,(H,36,42)(H,35,37,38). The summed E-state index contributed by atoms with van der Waals surface area (Å²) in [6, 6.07) is 11.7. The number of carbonyl (C=O) groups is 1. The summed E-state index contributed by atoms with van der Waals surface area (Å²) < 4.78 is 60.4. The van der Waals surface area contributed by atoms with Gasteiger partial charge in [-0.25, -0.2) is 14.4 Å². The molecule has 0 aliphatic rings. The molecule has 0 saturated heterocycles. The van der Waals surface area contributed by atoms with Crippen molar-refractivity contribution in [3.05, 3.63) is 66.8 Å². The van der Waals surface area contributed by atoms with Crippen LogP contribution in [0, 0.1) is 11.3 Å². The molecule has 0 unspecified atom stereocenters. The third-order valence-electron chi connectivity index (χ3n) is 6.42. The van der Waals surface area contributed by atoms with E-state index in [1.807, 2.05) is 60.9 Å². The highest BCUT2D eigenvalue weighted by Gasteiger charge is 2.33. The summed E-state index contributed by atoms with van der Waals surface area (Å²) in [6.45, 7) is 3.85. The fraction of sp³-hybridized carbons (Fsp3) is 0.241. The van der Waals surface area contributed by atoms with E-state index in [1.54, 1.807) is 18.1 Å². The Hall–Kier alpha value is -5.16. The lowest BCUT2D eigenvalue weighted by atomic mass is 10.1. The molecule has 0 aliphatic carbocycles. The Labute approximate surface area is 244 Å². The van der Waals surface area contributed by atoms with E-state index in [-0.39, 0.29) is 34.3 Å². The van der Waals surface area contributed by atoms with Crippen LogP contribution < -0.4 is 20.3 Å². The van der Waals surface area contributed by atoms with Crippen molar-refractivity contribution in [1.82, 2.24) is 19.4 Å². The van der Waals surface area contributed by atoms with E-state index in [1.165, 1.54) is 6.20 Å². The second-order valence-corrected chi connectivity index (χ2v) is 9.86. The van der Waals surface area contributed by atoms with Crippen LogP contribution in [0.1, 0.15) is 5.56 Å². The van der Waals surface area contributed by atoms with Crippen molar-refractivity contribution in [3.63, 3.8) is 0 Å². The summed E-state index contributed by atoms with van der Waals surface area (Å²) in [5, 5.41) is 15.6. The van der Waals surface area contributed by atoms with Crippen LogP contribution in [0.25, 0.3) is 22.2 Å². The number of alkyl halides is 3. The number of aromatic nitrogens is 3. The molecule has 0 radical (unpaired) electrons. The zero-order valence-electron chi connectivity index (χ0n) is 23.8. The molecule has 0 fully saturated rings. The van der Waals surface area contributed by atoms with Crippen LogP contribution in [-0.2, 0) is 11.8 Å². The van der Waals surface area contributed by atoms with Gasteiger partial charge in [-0.3, -0.25) is 4.79 Å². The Bertz CT molecular complexity index is 1730. The van der Waals surface area contributed by atoms with Gasteiger partial charge in [0.1, 0.15) is 6.07 Å². The van der Waals surface area contributed by atoms with Crippen LogP contribution in [-0.4, -0.2) is 65.9 Å². The maximum absolute atomic E-state index is 13.6. The number of aryl methyl sites for hydroxylation is 1. The Morgan fingerprint density at radius 2 is 1.88 bits per heavy atom. The maximum Gasteiger partial charge on any atom is 0.573 e. The topological polar surface area (TPSA) is 111 Å². The predicted molar refractivity (Wildman–Crippen MR) is 156 cm³/mol. The second kappa shape index (κ2) is 12.4. The van der Waals surface area contributed by atoms with Gasteiger partial charge in [-0.1, -0.05) is 24.8 Å². The van der Waals surface area contributed by atoms with Crippen molar-refractivity contribution in [2.45, 2.75) is 6.36 Å². The lowest BCUT2D eigenvalue weighted by molar-refractivity contribution is -0.274. The largest absolute Gasteiger partial charge is 0.573 e. The molecule has 224 valence electrons. The molecule has 2 N–H and O–H groups in total. The fourth-order valence-corrected chi connectivity index (χ4v) is 4.33. The summed E-state index contributed by atoms with van der Waals surface area (Å²) in [5.74, 6) is -3.28. The Kier molecular flexibility index (Phi) is 8.86. The minimum absolute atomic E-state index is 0.0231. The zero-order valence-corrected chi connectivity index (χ0v) is 23.8. The number of amides is 1. The van der Waals surface area contributed by atoms with Gasteiger partial charge >= 0.3 is 6.36 Å². The molecule has 10 nitrogen and oxygen atoms in total. The number of anilines is 4. The average Bonchev–Trinajstić information content (AvgIpc) is 3.28. The highest BCUT2D eigenvalue weighted by molar-refractivity contribution is 6.04. The number of halogens is 4. The first-order valence-electron chi connectivity index (χ1n) is 12.8. The van der Waals surface area contributed by atoms with Crippen molar-refractivity contribution < 1.29 is 27.1 Å². The van der Waals surface area contributed by atoms with Gasteiger partial charge in [0.2, 0.25) is 5.95 Å². The normalized spacial score (nSPS) is 11.3. The lowest BCUT2D eigenvalue weighted by Gasteiger charge is -2.26. The number of likely N-dealkylation sites (N-methyl/N-ethyl adjacent to an activating group) is 2. The number of nitrogens with zero attached hydrogens (tertiary/aromatic N) is 6. The van der Waals surface area contributed by atoms with Crippen molar-refractivity contribution in [2.75, 3.05) is 49.8 Å². The third-order valence-corrected chi connectivity index (χ3v) is 6.42. The Balaban J connectivity index is 1.84. The molecule has 0 spiro atoms. The number of para-hydroxylation sites is 1. The quantitative estimate of drug-likeness (QED) is 0.181. The van der Waals surface area contributed by atoms with E-state index in [4.69, 9.17) is 0 Å². The van der Waals surface area contributed by atoms with Crippen LogP contribution in [0.5, 0.6) is 5.75 Å². The van der Waals surface area contributed by atoms with Crippen molar-refractivity contribution in [2.24, 2.45) is 7.05 Å². The van der Waals surface area contributed by atoms with E-state index in [0.29, 0.717) is 18.7 Å². The highest BCUT2D eigenvalue weighted by Crippen LogP contribution is 2.41. The molecule has 4 rings (SSSR count). The minimum atomic E-state index is -5.08. The molecule has 0 bridgehead atoms. The summed E-state index contributed by atoms with van der Waals surface area (Å²) in [7, 11) is 7.07. The molecule has 0 atom stereocenters. The number of hydrogen-bond donors (Lipinski definition) is 2. The zero-order chi connectivity index (χ0) is 31.5. The van der Waals surface area contributed by atoms with Gasteiger partial charge in [-0.05, 0) is 26.2 Å². The second-order valence-electron chi connectivity index (χ2n) is 9.86.